The molecular formula is C95H143F6N11O13. The molecule has 698 valence electrons. The molecule has 6 fully saturated rings. The number of halogens is 6. The summed E-state index contributed by atoms with van der Waals surface area (Å²) in [6.07, 6.45) is 29.6. The summed E-state index contributed by atoms with van der Waals surface area (Å²) in [7, 11) is 0. The number of benzene rings is 2. The molecule has 125 heavy (non-hydrogen) atoms. The van der Waals surface area contributed by atoms with Crippen molar-refractivity contribution in [2.24, 2.45) is 17.6 Å². The average Bonchev–Trinajstić information content (AvgIpc) is 1.65. The Bertz CT molecular complexity index is 3900. The first-order valence-electron chi connectivity index (χ1n) is 46.9. The van der Waals surface area contributed by atoms with Crippen LogP contribution in [0, 0.1) is 11.8 Å². The van der Waals surface area contributed by atoms with Crippen molar-refractivity contribution < 1.29 is 89.3 Å². The molecule has 2 aromatic heterocycles. The maximum Gasteiger partial charge on any atom is 0.417 e. The number of likely N-dealkylation sites (tertiary alicyclic amines) is 4. The van der Waals surface area contributed by atoms with Crippen molar-refractivity contribution in [3.63, 3.8) is 0 Å². The van der Waals surface area contributed by atoms with Gasteiger partial charge in [0, 0.05) is 113 Å². The summed E-state index contributed by atoms with van der Waals surface area (Å²) in [6.45, 7) is 14.9. The monoisotopic (exact) mass is 1760 g/mol. The Morgan fingerprint density at radius 2 is 0.728 bits per heavy atom. The van der Waals surface area contributed by atoms with E-state index in [2.05, 4.69) is 62.4 Å². The van der Waals surface area contributed by atoms with E-state index >= 15 is 0 Å². The van der Waals surface area contributed by atoms with Gasteiger partial charge in [0.05, 0.1) is 41.0 Å². The largest absolute Gasteiger partial charge is 0.481 e. The van der Waals surface area contributed by atoms with Gasteiger partial charge in [0.2, 0.25) is 47.3 Å². The number of rotatable bonds is 44. The molecule has 10 amide bonds. The van der Waals surface area contributed by atoms with Crippen LogP contribution >= 0.6 is 0 Å². The van der Waals surface area contributed by atoms with E-state index < -0.39 is 53.7 Å². The predicted octanol–water partition coefficient (Wildman–Crippen LogP) is 19.6. The molecule has 6 heterocycles. The van der Waals surface area contributed by atoms with Crippen LogP contribution in [0.5, 0.6) is 0 Å². The number of hydrogen-bond acceptors (Lipinski definition) is 15. The molecule has 4 aliphatic heterocycles. The molecule has 24 nitrogen and oxygen atoms in total. The normalized spacial score (nSPS) is 17.4. The second-order valence-corrected chi connectivity index (χ2v) is 34.8. The average molecular weight is 1760 g/mol. The standard InChI is InChI=1S/C30H39F3N4O3.C26H29F3N4O5.C15H27NO2.C14H26N2O2.C10H22O/c1-2-3-4-5-11-21(18-19-36-27(38)16-10-17-28(36)39)34-29(40)25-20-26(37(35-25)22-12-6-7-13-22)23-14-8-9-15-24(23)30(31,32)33;27-26(28,29)19-9-4-3-8-18(19)21-15-20(31-33(21)17-6-1-2-7-17)25(38)30-16(14-24(36)37)12-13-32-22(34)10-5-11-23(32)35;1-3-4-5-6-8-13(2)11-12-16-14(17)9-7-10-15(16)18;1-2-3-4-5-7-12(15)10-11-16-13(17)8-6-9-14(16)18;1-3-4-5-6-7-10(2)8-9-11/h8-9,14-15,20-22H,2-7,10-13,16-19H2,1H3,(H,34,40);3-4,8-9,15-17H,1-2,5-7,10-14H2,(H,30,38)(H,36,37);13H,3-12H2,1-2H3;12H,2-11,15H2,1H3;10-11H,3-9H2,1-2H3/t21-;16-;13-;12-;10-/m10111/s1. The lowest BCUT2D eigenvalue weighted by Gasteiger charge is -2.27. The number of hydrogen-bond donors (Lipinski definition) is 5. The maximum atomic E-state index is 13.9. The van der Waals surface area contributed by atoms with Gasteiger partial charge in [-0.3, -0.25) is 81.7 Å². The molecule has 6 N–H and O–H groups in total. The number of carboxylic acid groups (broad SMARTS) is 1. The lowest BCUT2D eigenvalue weighted by molar-refractivity contribution is -0.149. The highest BCUT2D eigenvalue weighted by Crippen LogP contribution is 2.43. The Labute approximate surface area is 736 Å². The third kappa shape index (κ3) is 36.2. The third-order valence-electron chi connectivity index (χ3n) is 24.4. The van der Waals surface area contributed by atoms with E-state index in [0.717, 1.165) is 126 Å². The number of aliphatic hydroxyl groups is 1. The fourth-order valence-corrected chi connectivity index (χ4v) is 17.0. The minimum atomic E-state index is -4.61. The molecule has 10 rings (SSSR count). The summed E-state index contributed by atoms with van der Waals surface area (Å²) in [5.74, 6) is -2.10. The number of aliphatic carboxylic acids is 1. The van der Waals surface area contributed by atoms with Crippen LogP contribution in [-0.4, -0.2) is 165 Å². The van der Waals surface area contributed by atoms with Crippen LogP contribution in [0.1, 0.15) is 381 Å². The number of carbonyl (C=O) groups is 11. The Morgan fingerprint density at radius 3 is 1.07 bits per heavy atom. The second-order valence-electron chi connectivity index (χ2n) is 34.8. The molecule has 2 aliphatic carbocycles. The highest BCUT2D eigenvalue weighted by Gasteiger charge is 2.39. The molecule has 5 atom stereocenters. The second kappa shape index (κ2) is 55.8. The molecule has 2 saturated carbocycles. The minimum absolute atomic E-state index is 0.00619. The number of nitrogens with two attached hydrogens (primary N) is 1. The highest BCUT2D eigenvalue weighted by atomic mass is 19.4. The van der Waals surface area contributed by atoms with Crippen LogP contribution in [0.3, 0.4) is 0 Å². The number of amides is 10. The predicted molar refractivity (Wildman–Crippen MR) is 469 cm³/mol. The number of aliphatic hydroxyl groups excluding tert-OH is 1. The van der Waals surface area contributed by atoms with Crippen molar-refractivity contribution in [2.45, 2.75) is 379 Å². The maximum absolute atomic E-state index is 13.9. The molecule has 2 aromatic carbocycles. The molecular weight excluding hydrogens is 1620 g/mol. The summed E-state index contributed by atoms with van der Waals surface area (Å²) in [4.78, 5) is 138. The fraction of sp³-hybridized carbons (Fsp3) is 0.695. The number of nitrogens with one attached hydrogen (secondary N) is 2. The van der Waals surface area contributed by atoms with Gasteiger partial charge in [0.15, 0.2) is 11.4 Å². The Hall–Kier alpha value is -8.67. The summed E-state index contributed by atoms with van der Waals surface area (Å²) < 4.78 is 86.1. The van der Waals surface area contributed by atoms with Crippen LogP contribution in [0.25, 0.3) is 22.5 Å². The molecule has 6 aliphatic rings. The number of alkyl halides is 6. The van der Waals surface area contributed by atoms with Crippen molar-refractivity contribution in [2.75, 3.05) is 32.8 Å². The smallest absolute Gasteiger partial charge is 0.417 e. The van der Waals surface area contributed by atoms with Crippen LogP contribution in [-0.2, 0) is 55.5 Å². The van der Waals surface area contributed by atoms with Gasteiger partial charge < -0.3 is 26.6 Å². The van der Waals surface area contributed by atoms with Gasteiger partial charge >= 0.3 is 18.3 Å². The molecule has 0 spiro atoms. The molecule has 4 saturated heterocycles. The molecule has 0 bridgehead atoms. The molecule has 0 unspecified atom stereocenters. The van der Waals surface area contributed by atoms with Gasteiger partial charge in [0.25, 0.3) is 11.8 Å². The van der Waals surface area contributed by atoms with Gasteiger partial charge in [-0.05, 0) is 132 Å². The molecule has 4 aromatic rings. The van der Waals surface area contributed by atoms with Crippen molar-refractivity contribution in [3.05, 3.63) is 83.2 Å². The minimum Gasteiger partial charge on any atom is -0.481 e. The molecule has 30 heteroatoms. The number of unbranched alkanes of at least 4 members (excludes halogenated alkanes) is 12. The lowest BCUT2D eigenvalue weighted by Crippen LogP contribution is -2.44. The van der Waals surface area contributed by atoms with Gasteiger partial charge in [0.1, 0.15) is 0 Å². The van der Waals surface area contributed by atoms with Crippen molar-refractivity contribution in [1.29, 1.82) is 0 Å². The van der Waals surface area contributed by atoms with E-state index in [0.29, 0.717) is 109 Å². The van der Waals surface area contributed by atoms with Crippen LogP contribution in [0.2, 0.25) is 0 Å². The van der Waals surface area contributed by atoms with Gasteiger partial charge in [-0.15, -0.1) is 0 Å². The summed E-state index contributed by atoms with van der Waals surface area (Å²) in [5.41, 5.74) is 4.71. The first-order valence-corrected chi connectivity index (χ1v) is 46.9. The van der Waals surface area contributed by atoms with Gasteiger partial charge in [-0.25, -0.2) is 0 Å². The number of carbonyl (C=O) groups excluding carboxylic acids is 10. The highest BCUT2D eigenvalue weighted by molar-refractivity contribution is 6.00. The number of imide groups is 4. The number of piperidine rings is 4. The summed E-state index contributed by atoms with van der Waals surface area (Å²) >= 11 is 0. The summed E-state index contributed by atoms with van der Waals surface area (Å²) in [6, 6.07) is 11.9. The zero-order valence-corrected chi connectivity index (χ0v) is 75.2. The van der Waals surface area contributed by atoms with Crippen LogP contribution < -0.4 is 16.4 Å². The lowest BCUT2D eigenvalue weighted by atomic mass is 9.98. The number of carboxylic acids is 1. The van der Waals surface area contributed by atoms with Crippen molar-refractivity contribution >= 4 is 65.0 Å². The van der Waals surface area contributed by atoms with Crippen LogP contribution in [0.4, 0.5) is 26.3 Å². The quantitative estimate of drug-likeness (QED) is 0.0156. The zero-order valence-electron chi connectivity index (χ0n) is 75.2. The Morgan fingerprint density at radius 1 is 0.416 bits per heavy atom. The molecule has 0 radical (unpaired) electrons. The van der Waals surface area contributed by atoms with Crippen LogP contribution in [0.15, 0.2) is 60.7 Å². The van der Waals surface area contributed by atoms with E-state index in [1.165, 1.54) is 145 Å². The summed E-state index contributed by atoms with van der Waals surface area (Å²) in [5, 5.41) is 32.5. The van der Waals surface area contributed by atoms with E-state index in [9.17, 15) is 84.2 Å². The van der Waals surface area contributed by atoms with E-state index in [-0.39, 0.29) is 138 Å². The first-order chi connectivity index (χ1) is 59.8. The third-order valence-corrected chi connectivity index (χ3v) is 24.4. The van der Waals surface area contributed by atoms with Gasteiger partial charge in [-0.1, -0.05) is 219 Å². The van der Waals surface area contributed by atoms with Crippen molar-refractivity contribution in [3.8, 4) is 22.5 Å². The zero-order chi connectivity index (χ0) is 91.4. The fourth-order valence-electron chi connectivity index (χ4n) is 17.0. The van der Waals surface area contributed by atoms with E-state index in [1.807, 2.05) is 0 Å². The number of aromatic nitrogens is 4. The first kappa shape index (κ1) is 105. The SMILES string of the molecule is CCCCCC[C@@H](C)CCN1C(=O)CCCC1=O.CCCCCC[C@@H](C)CCO.CCCCCC[C@@H](N)CCN1C(=O)CCCC1=O.CCCCCC[C@H](CCN1C(=O)CCCC1=O)NC(=O)c1cc(-c2ccccc2C(F)(F)F)n(C2CCCC2)n1.O=C(O)C[C@H](CCN1C(=O)CCCC1=O)NC(=O)c1cc(-c2ccccc2C(F)(F)F)n(C2CCCC2)n1. The topological polar surface area (TPSA) is 327 Å². The van der Waals surface area contributed by atoms with Gasteiger partial charge in [-0.2, -0.15) is 36.5 Å². The van der Waals surface area contributed by atoms with E-state index in [4.69, 9.17) is 10.8 Å². The van der Waals surface area contributed by atoms with Crippen molar-refractivity contribution in [1.82, 2.24) is 49.8 Å². The number of nitrogens with zero attached hydrogens (tertiary/aromatic N) is 8. The van der Waals surface area contributed by atoms with E-state index in [1.54, 1.807) is 10.7 Å². The Balaban J connectivity index is 0.000000260. The Kier molecular flexibility index (Phi) is 46.9.